The molecular formula is C13H7Cl3LiNO3. The SMILES string of the molecule is Cc1cc(Oc2cc(Cl)ccc2Cl)c(C(=O)[O-])c(Cl)n1.[Li+]. The van der Waals surface area contributed by atoms with E-state index in [0.29, 0.717) is 10.7 Å². The Balaban J connectivity index is 0.00000220. The summed E-state index contributed by atoms with van der Waals surface area (Å²) in [5.74, 6) is -1.29. The number of aromatic carboxylic acids is 1. The maximum Gasteiger partial charge on any atom is 1.00 e. The number of aryl methyl sites for hydroxylation is 1. The first-order valence-corrected chi connectivity index (χ1v) is 6.53. The van der Waals surface area contributed by atoms with E-state index in [1.807, 2.05) is 0 Å². The molecule has 0 saturated carbocycles. The zero-order chi connectivity index (χ0) is 14.9. The van der Waals surface area contributed by atoms with Crippen LogP contribution in [0.3, 0.4) is 0 Å². The molecule has 0 spiro atoms. The zero-order valence-electron chi connectivity index (χ0n) is 11.1. The molecule has 0 aliphatic carbocycles. The molecule has 0 atom stereocenters. The zero-order valence-corrected chi connectivity index (χ0v) is 13.4. The number of halogens is 3. The quantitative estimate of drug-likeness (QED) is 0.604. The molecule has 0 saturated heterocycles. The smallest absolute Gasteiger partial charge is 0.545 e. The molecule has 8 heteroatoms. The van der Waals surface area contributed by atoms with E-state index in [2.05, 4.69) is 4.98 Å². The average molecular weight is 339 g/mol. The Hall–Kier alpha value is -0.893. The number of aromatic nitrogens is 1. The van der Waals surface area contributed by atoms with Gasteiger partial charge >= 0.3 is 18.9 Å². The molecule has 1 heterocycles. The van der Waals surface area contributed by atoms with Crippen LogP contribution in [0.15, 0.2) is 24.3 Å². The van der Waals surface area contributed by atoms with Gasteiger partial charge < -0.3 is 14.6 Å². The number of carboxylic acid groups (broad SMARTS) is 1. The molecule has 0 aliphatic heterocycles. The molecule has 1 aromatic carbocycles. The topological polar surface area (TPSA) is 62.2 Å². The van der Waals surface area contributed by atoms with Crippen LogP contribution in [0, 0.1) is 6.92 Å². The fourth-order valence-corrected chi connectivity index (χ4v) is 2.17. The van der Waals surface area contributed by atoms with E-state index < -0.39 is 5.97 Å². The minimum absolute atomic E-state index is 0. The standard InChI is InChI=1S/C13H8Cl3NO3.Li/c1-6-4-10(11(13(18)19)12(16)17-6)20-9-5-7(14)2-3-8(9)15;/h2-5H,1H3,(H,18,19);/q;+1/p-1. The number of carboxylic acids is 1. The van der Waals surface area contributed by atoms with Gasteiger partial charge in [-0.2, -0.15) is 0 Å². The van der Waals surface area contributed by atoms with E-state index in [1.165, 1.54) is 18.2 Å². The second-order valence-corrected chi connectivity index (χ2v) is 5.09. The van der Waals surface area contributed by atoms with Crippen LogP contribution in [0.2, 0.25) is 15.2 Å². The molecule has 1 aromatic heterocycles. The maximum absolute atomic E-state index is 11.1. The van der Waals surface area contributed by atoms with Gasteiger partial charge in [0.1, 0.15) is 16.7 Å². The van der Waals surface area contributed by atoms with Crippen LogP contribution in [-0.4, -0.2) is 11.0 Å². The van der Waals surface area contributed by atoms with Crippen molar-refractivity contribution in [2.45, 2.75) is 6.92 Å². The van der Waals surface area contributed by atoms with Gasteiger partial charge in [0.15, 0.2) is 0 Å². The number of pyridine rings is 1. The monoisotopic (exact) mass is 337 g/mol. The van der Waals surface area contributed by atoms with Crippen molar-refractivity contribution in [3.63, 3.8) is 0 Å². The predicted molar refractivity (Wildman–Crippen MR) is 74.9 cm³/mol. The summed E-state index contributed by atoms with van der Waals surface area (Å²) in [7, 11) is 0. The van der Waals surface area contributed by atoms with Crippen molar-refractivity contribution in [1.82, 2.24) is 4.98 Å². The van der Waals surface area contributed by atoms with Gasteiger partial charge in [0.2, 0.25) is 0 Å². The molecular weight excluding hydrogens is 331 g/mol. The maximum atomic E-state index is 11.1. The fraction of sp³-hybridized carbons (Fsp3) is 0.0769. The summed E-state index contributed by atoms with van der Waals surface area (Å²) < 4.78 is 5.48. The number of ether oxygens (including phenoxy) is 1. The molecule has 0 radical (unpaired) electrons. The van der Waals surface area contributed by atoms with Crippen molar-refractivity contribution < 1.29 is 33.5 Å². The Morgan fingerprint density at radius 3 is 2.48 bits per heavy atom. The third-order valence-corrected chi connectivity index (χ3v) is 3.21. The van der Waals surface area contributed by atoms with Crippen molar-refractivity contribution in [3.8, 4) is 11.5 Å². The summed E-state index contributed by atoms with van der Waals surface area (Å²) in [5.41, 5.74) is 0.154. The Kier molecular flexibility index (Phi) is 6.39. The predicted octanol–water partition coefficient (Wildman–Crippen LogP) is 0.510. The number of hydrogen-bond donors (Lipinski definition) is 0. The van der Waals surface area contributed by atoms with Gasteiger partial charge in [0.25, 0.3) is 0 Å². The summed E-state index contributed by atoms with van der Waals surface area (Å²) in [5, 5.41) is 11.6. The number of benzene rings is 1. The summed E-state index contributed by atoms with van der Waals surface area (Å²) in [4.78, 5) is 15.0. The van der Waals surface area contributed by atoms with E-state index in [4.69, 9.17) is 39.5 Å². The van der Waals surface area contributed by atoms with Crippen LogP contribution < -0.4 is 28.7 Å². The van der Waals surface area contributed by atoms with Gasteiger partial charge in [0, 0.05) is 22.8 Å². The number of hydrogen-bond acceptors (Lipinski definition) is 4. The molecule has 0 N–H and O–H groups in total. The van der Waals surface area contributed by atoms with Gasteiger partial charge in [0.05, 0.1) is 16.6 Å². The van der Waals surface area contributed by atoms with Gasteiger partial charge in [-0.05, 0) is 19.1 Å². The minimum Gasteiger partial charge on any atom is -0.545 e. The van der Waals surface area contributed by atoms with Crippen LogP contribution in [0.5, 0.6) is 11.5 Å². The molecule has 2 aromatic rings. The number of rotatable bonds is 3. The Morgan fingerprint density at radius 2 is 1.86 bits per heavy atom. The first kappa shape index (κ1) is 18.2. The number of nitrogens with zero attached hydrogens (tertiary/aromatic N) is 1. The van der Waals surface area contributed by atoms with Crippen LogP contribution >= 0.6 is 34.8 Å². The Labute approximate surface area is 148 Å². The number of carbonyl (C=O) groups excluding carboxylic acids is 1. The molecule has 0 amide bonds. The molecule has 0 bridgehead atoms. The van der Waals surface area contributed by atoms with E-state index in [0.717, 1.165) is 0 Å². The Bertz CT molecular complexity index is 695. The van der Waals surface area contributed by atoms with Crippen molar-refractivity contribution in [3.05, 3.63) is 50.7 Å². The number of carbonyl (C=O) groups is 1. The first-order chi connectivity index (χ1) is 9.38. The van der Waals surface area contributed by atoms with Crippen molar-refractivity contribution in [2.24, 2.45) is 0 Å². The minimum atomic E-state index is -1.49. The van der Waals surface area contributed by atoms with Crippen molar-refractivity contribution in [1.29, 1.82) is 0 Å². The van der Waals surface area contributed by atoms with Crippen molar-refractivity contribution >= 4 is 40.8 Å². The molecule has 0 fully saturated rings. The first-order valence-electron chi connectivity index (χ1n) is 5.40. The third-order valence-electron chi connectivity index (χ3n) is 2.38. The molecule has 2 rings (SSSR count). The second kappa shape index (κ2) is 7.39. The van der Waals surface area contributed by atoms with Crippen LogP contribution in [-0.2, 0) is 0 Å². The second-order valence-electron chi connectivity index (χ2n) is 3.89. The van der Waals surface area contributed by atoms with E-state index >= 15 is 0 Å². The molecule has 0 unspecified atom stereocenters. The molecule has 21 heavy (non-hydrogen) atoms. The van der Waals surface area contributed by atoms with Gasteiger partial charge in [-0.15, -0.1) is 0 Å². The van der Waals surface area contributed by atoms with E-state index in [-0.39, 0.29) is 46.1 Å². The summed E-state index contributed by atoms with van der Waals surface area (Å²) in [6.45, 7) is 1.65. The van der Waals surface area contributed by atoms with Gasteiger partial charge in [-0.25, -0.2) is 4.98 Å². The van der Waals surface area contributed by atoms with Gasteiger partial charge in [-0.1, -0.05) is 34.8 Å². The largest absolute Gasteiger partial charge is 1.00 e. The fourth-order valence-electron chi connectivity index (χ4n) is 1.55. The van der Waals surface area contributed by atoms with Crippen LogP contribution in [0.25, 0.3) is 0 Å². The molecule has 4 nitrogen and oxygen atoms in total. The van der Waals surface area contributed by atoms with Gasteiger partial charge in [-0.3, -0.25) is 0 Å². The normalized spacial score (nSPS) is 9.90. The van der Waals surface area contributed by atoms with E-state index in [1.54, 1.807) is 13.0 Å². The molecule has 104 valence electrons. The summed E-state index contributed by atoms with van der Waals surface area (Å²) in [6.07, 6.45) is 0. The summed E-state index contributed by atoms with van der Waals surface area (Å²) in [6, 6.07) is 6.01. The Morgan fingerprint density at radius 1 is 1.19 bits per heavy atom. The van der Waals surface area contributed by atoms with Crippen LogP contribution in [0.4, 0.5) is 0 Å². The molecule has 0 aliphatic rings. The van der Waals surface area contributed by atoms with Crippen LogP contribution in [0.1, 0.15) is 16.1 Å². The van der Waals surface area contributed by atoms with Crippen molar-refractivity contribution in [2.75, 3.05) is 0 Å². The average Bonchev–Trinajstić information content (AvgIpc) is 2.32. The summed E-state index contributed by atoms with van der Waals surface area (Å²) >= 11 is 17.6. The third kappa shape index (κ3) is 4.29. The van der Waals surface area contributed by atoms with E-state index in [9.17, 15) is 9.90 Å².